The number of aromatic nitrogens is 2. The highest BCUT2D eigenvalue weighted by Gasteiger charge is 2.26. The van der Waals surface area contributed by atoms with Crippen LogP contribution in [0.15, 0.2) is 36.4 Å². The number of aryl methyl sites for hydroxylation is 1. The van der Waals surface area contributed by atoms with Gasteiger partial charge in [0.25, 0.3) is 0 Å². The van der Waals surface area contributed by atoms with Crippen LogP contribution in [0.5, 0.6) is 0 Å². The summed E-state index contributed by atoms with van der Waals surface area (Å²) in [4.78, 5) is 26.0. The Balaban J connectivity index is 1.38. The predicted octanol–water partition coefficient (Wildman–Crippen LogP) is 2.91. The first-order chi connectivity index (χ1) is 14.2. The Hall–Kier alpha value is -2.51. The van der Waals surface area contributed by atoms with E-state index in [-0.39, 0.29) is 12.0 Å². The SMILES string of the molecule is Cc1cccc(Nc2cccc([C@@H]3CN(CC(=O)N4CCCCC4)CCO3)n2)n1. The van der Waals surface area contributed by atoms with Crippen molar-refractivity contribution in [3.8, 4) is 0 Å². The van der Waals surface area contributed by atoms with Crippen LogP contribution in [-0.4, -0.2) is 65.0 Å². The van der Waals surface area contributed by atoms with Crippen molar-refractivity contribution in [1.82, 2.24) is 19.8 Å². The number of nitrogens with one attached hydrogen (secondary N) is 1. The standard InChI is InChI=1S/C22H29N5O2/c1-17-7-5-9-20(23-17)25-21-10-6-8-18(24-21)19-15-26(13-14-29-19)16-22(28)27-11-3-2-4-12-27/h5-10,19H,2-4,11-16H2,1H3,(H,23,24,25)/t19-/m0/s1. The number of carbonyl (C=O) groups is 1. The Kier molecular flexibility index (Phi) is 6.36. The van der Waals surface area contributed by atoms with Gasteiger partial charge < -0.3 is 15.0 Å². The van der Waals surface area contributed by atoms with Gasteiger partial charge in [0.15, 0.2) is 0 Å². The van der Waals surface area contributed by atoms with Gasteiger partial charge in [-0.1, -0.05) is 12.1 Å². The molecule has 1 atom stereocenters. The van der Waals surface area contributed by atoms with Gasteiger partial charge in [-0.3, -0.25) is 9.69 Å². The molecule has 2 aliphatic heterocycles. The fourth-order valence-corrected chi connectivity index (χ4v) is 3.90. The van der Waals surface area contributed by atoms with Crippen molar-refractivity contribution >= 4 is 17.5 Å². The lowest BCUT2D eigenvalue weighted by atomic mass is 10.1. The predicted molar refractivity (Wildman–Crippen MR) is 112 cm³/mol. The van der Waals surface area contributed by atoms with Gasteiger partial charge in [-0.25, -0.2) is 9.97 Å². The molecule has 0 aliphatic carbocycles. The number of ether oxygens (including phenoxy) is 1. The Bertz CT molecular complexity index is 837. The van der Waals surface area contributed by atoms with E-state index >= 15 is 0 Å². The Labute approximate surface area is 172 Å². The maximum absolute atomic E-state index is 12.6. The van der Waals surface area contributed by atoms with E-state index in [1.165, 1.54) is 6.42 Å². The molecule has 0 bridgehead atoms. The fourth-order valence-electron chi connectivity index (χ4n) is 3.90. The molecule has 154 valence electrons. The molecule has 29 heavy (non-hydrogen) atoms. The molecule has 7 heteroatoms. The minimum atomic E-state index is -0.134. The molecule has 2 aliphatic rings. The quantitative estimate of drug-likeness (QED) is 0.839. The summed E-state index contributed by atoms with van der Waals surface area (Å²) in [7, 11) is 0. The Morgan fingerprint density at radius 3 is 2.62 bits per heavy atom. The van der Waals surface area contributed by atoms with Gasteiger partial charge in [0.05, 0.1) is 18.8 Å². The van der Waals surface area contributed by atoms with Crippen molar-refractivity contribution in [2.24, 2.45) is 0 Å². The van der Waals surface area contributed by atoms with Crippen molar-refractivity contribution in [3.63, 3.8) is 0 Å². The number of piperidine rings is 1. The first-order valence-corrected chi connectivity index (χ1v) is 10.5. The highest BCUT2D eigenvalue weighted by atomic mass is 16.5. The third-order valence-electron chi connectivity index (χ3n) is 5.46. The summed E-state index contributed by atoms with van der Waals surface area (Å²) in [5.41, 5.74) is 1.83. The molecule has 0 radical (unpaired) electrons. The van der Waals surface area contributed by atoms with E-state index in [0.29, 0.717) is 19.7 Å². The lowest BCUT2D eigenvalue weighted by Crippen LogP contribution is -2.46. The zero-order chi connectivity index (χ0) is 20.1. The van der Waals surface area contributed by atoms with Crippen LogP contribution in [0.1, 0.15) is 36.8 Å². The first-order valence-electron chi connectivity index (χ1n) is 10.5. The first kappa shape index (κ1) is 19.8. The second-order valence-corrected chi connectivity index (χ2v) is 7.77. The molecule has 2 aromatic rings. The Morgan fingerprint density at radius 1 is 1.07 bits per heavy atom. The average Bonchev–Trinajstić information content (AvgIpc) is 2.75. The van der Waals surface area contributed by atoms with Crippen LogP contribution in [0.25, 0.3) is 0 Å². The van der Waals surface area contributed by atoms with Crippen LogP contribution in [0.3, 0.4) is 0 Å². The minimum Gasteiger partial charge on any atom is -0.369 e. The van der Waals surface area contributed by atoms with Crippen molar-refractivity contribution < 1.29 is 9.53 Å². The molecule has 0 aromatic carbocycles. The number of hydrogen-bond donors (Lipinski definition) is 1. The smallest absolute Gasteiger partial charge is 0.236 e. The number of likely N-dealkylation sites (tertiary alicyclic amines) is 1. The van der Waals surface area contributed by atoms with Crippen molar-refractivity contribution in [3.05, 3.63) is 47.8 Å². The molecule has 2 aromatic heterocycles. The van der Waals surface area contributed by atoms with Crippen LogP contribution in [0.2, 0.25) is 0 Å². The highest BCUT2D eigenvalue weighted by Crippen LogP contribution is 2.23. The van der Waals surface area contributed by atoms with Gasteiger partial charge in [-0.2, -0.15) is 0 Å². The summed E-state index contributed by atoms with van der Waals surface area (Å²) in [6.07, 6.45) is 3.34. The zero-order valence-electron chi connectivity index (χ0n) is 17.0. The molecule has 7 nitrogen and oxygen atoms in total. The third kappa shape index (κ3) is 5.31. The number of morpholine rings is 1. The van der Waals surface area contributed by atoms with E-state index in [9.17, 15) is 4.79 Å². The van der Waals surface area contributed by atoms with Gasteiger partial charge in [-0.15, -0.1) is 0 Å². The molecule has 1 amide bonds. The van der Waals surface area contributed by atoms with E-state index in [0.717, 1.165) is 55.5 Å². The van der Waals surface area contributed by atoms with Crippen LogP contribution in [0, 0.1) is 6.92 Å². The van der Waals surface area contributed by atoms with E-state index in [1.807, 2.05) is 48.2 Å². The number of anilines is 2. The zero-order valence-corrected chi connectivity index (χ0v) is 17.0. The van der Waals surface area contributed by atoms with E-state index in [4.69, 9.17) is 9.72 Å². The minimum absolute atomic E-state index is 0.134. The molecule has 0 spiro atoms. The second kappa shape index (κ2) is 9.33. The van der Waals surface area contributed by atoms with Crippen molar-refractivity contribution in [1.29, 1.82) is 0 Å². The van der Waals surface area contributed by atoms with Gasteiger partial charge in [0.2, 0.25) is 5.91 Å². The molecule has 0 unspecified atom stereocenters. The van der Waals surface area contributed by atoms with E-state index < -0.39 is 0 Å². The normalized spacial score (nSPS) is 20.4. The summed E-state index contributed by atoms with van der Waals surface area (Å²) in [5, 5.41) is 3.26. The number of pyridine rings is 2. The number of amides is 1. The number of hydrogen-bond acceptors (Lipinski definition) is 6. The summed E-state index contributed by atoms with van der Waals surface area (Å²) < 4.78 is 5.97. The molecule has 4 heterocycles. The molecule has 4 rings (SSSR count). The van der Waals surface area contributed by atoms with Crippen molar-refractivity contribution in [2.45, 2.75) is 32.3 Å². The van der Waals surface area contributed by atoms with Crippen LogP contribution in [-0.2, 0) is 9.53 Å². The molecule has 2 saturated heterocycles. The largest absolute Gasteiger partial charge is 0.369 e. The second-order valence-electron chi connectivity index (χ2n) is 7.77. The number of nitrogens with zero attached hydrogens (tertiary/aromatic N) is 4. The molecule has 1 N–H and O–H groups in total. The number of rotatable bonds is 5. The molecular formula is C22H29N5O2. The lowest BCUT2D eigenvalue weighted by molar-refractivity contribution is -0.135. The maximum Gasteiger partial charge on any atom is 0.236 e. The van der Waals surface area contributed by atoms with E-state index in [1.54, 1.807) is 0 Å². The van der Waals surface area contributed by atoms with Gasteiger partial charge in [0, 0.05) is 31.9 Å². The van der Waals surface area contributed by atoms with Crippen LogP contribution < -0.4 is 5.32 Å². The highest BCUT2D eigenvalue weighted by molar-refractivity contribution is 5.78. The summed E-state index contributed by atoms with van der Waals surface area (Å²) in [5.74, 6) is 1.75. The fraction of sp³-hybridized carbons (Fsp3) is 0.500. The average molecular weight is 396 g/mol. The summed E-state index contributed by atoms with van der Waals surface area (Å²) >= 11 is 0. The van der Waals surface area contributed by atoms with Gasteiger partial charge in [-0.05, 0) is 50.5 Å². The molecular weight excluding hydrogens is 366 g/mol. The summed E-state index contributed by atoms with van der Waals surface area (Å²) in [6.45, 7) is 6.29. The monoisotopic (exact) mass is 395 g/mol. The Morgan fingerprint density at radius 2 is 1.83 bits per heavy atom. The number of carbonyl (C=O) groups excluding carboxylic acids is 1. The lowest BCUT2D eigenvalue weighted by Gasteiger charge is -2.34. The third-order valence-corrected chi connectivity index (χ3v) is 5.46. The molecule has 2 fully saturated rings. The van der Waals surface area contributed by atoms with Crippen LogP contribution in [0.4, 0.5) is 11.6 Å². The van der Waals surface area contributed by atoms with Crippen LogP contribution >= 0.6 is 0 Å². The molecule has 0 saturated carbocycles. The maximum atomic E-state index is 12.6. The summed E-state index contributed by atoms with van der Waals surface area (Å²) in [6, 6.07) is 11.7. The van der Waals surface area contributed by atoms with Gasteiger partial charge >= 0.3 is 0 Å². The van der Waals surface area contributed by atoms with E-state index in [2.05, 4.69) is 15.2 Å². The van der Waals surface area contributed by atoms with Gasteiger partial charge in [0.1, 0.15) is 17.7 Å². The topological polar surface area (TPSA) is 70.6 Å². The van der Waals surface area contributed by atoms with Crippen molar-refractivity contribution in [2.75, 3.05) is 44.6 Å².